The fourth-order valence-corrected chi connectivity index (χ4v) is 3.66. The van der Waals surface area contributed by atoms with Crippen LogP contribution in [0.5, 0.6) is 17.2 Å². The quantitative estimate of drug-likeness (QED) is 0.605. The second kappa shape index (κ2) is 11.9. The van der Waals surface area contributed by atoms with Crippen LogP contribution in [0.1, 0.15) is 34.6 Å². The normalized spacial score (nSPS) is 13.3. The third-order valence-corrected chi connectivity index (χ3v) is 5.44. The number of carbonyl (C=O) groups excluding carboxylic acids is 3. The van der Waals surface area contributed by atoms with Crippen molar-refractivity contribution in [3.05, 3.63) is 53.6 Å². The molecular formula is C25H31N3O6. The lowest BCUT2D eigenvalue weighted by atomic mass is 10.1. The maximum Gasteiger partial charge on any atom is 0.254 e. The Kier molecular flexibility index (Phi) is 8.73. The van der Waals surface area contributed by atoms with Crippen LogP contribution in [-0.2, 0) is 4.79 Å². The van der Waals surface area contributed by atoms with Crippen LogP contribution in [0.15, 0.2) is 42.5 Å². The van der Waals surface area contributed by atoms with Gasteiger partial charge in [-0.25, -0.2) is 0 Å². The lowest BCUT2D eigenvalue weighted by Gasteiger charge is -2.35. The highest BCUT2D eigenvalue weighted by atomic mass is 16.5. The molecule has 0 bridgehead atoms. The molecule has 0 aromatic heterocycles. The van der Waals surface area contributed by atoms with Gasteiger partial charge in [-0.2, -0.15) is 0 Å². The molecule has 0 unspecified atom stereocenters. The summed E-state index contributed by atoms with van der Waals surface area (Å²) in [6.45, 7) is 6.18. The summed E-state index contributed by atoms with van der Waals surface area (Å²) in [6, 6.07) is 11.9. The van der Waals surface area contributed by atoms with Gasteiger partial charge in [0.05, 0.1) is 26.9 Å². The van der Waals surface area contributed by atoms with E-state index in [1.165, 1.54) is 0 Å². The Labute approximate surface area is 199 Å². The number of nitrogens with zero attached hydrogens (tertiary/aromatic N) is 2. The summed E-state index contributed by atoms with van der Waals surface area (Å²) in [7, 11) is 1.56. The molecule has 1 heterocycles. The smallest absolute Gasteiger partial charge is 0.254 e. The maximum absolute atomic E-state index is 12.7. The monoisotopic (exact) mass is 469 g/mol. The maximum atomic E-state index is 12.7. The fraction of sp³-hybridized carbons (Fsp3) is 0.400. The number of piperazine rings is 1. The summed E-state index contributed by atoms with van der Waals surface area (Å²) >= 11 is 0. The number of hydrogen-bond donors (Lipinski definition) is 1. The molecule has 9 nitrogen and oxygen atoms in total. The van der Waals surface area contributed by atoms with Crippen molar-refractivity contribution in [2.24, 2.45) is 0 Å². The predicted molar refractivity (Wildman–Crippen MR) is 127 cm³/mol. The van der Waals surface area contributed by atoms with Gasteiger partial charge in [0.25, 0.3) is 11.8 Å². The first-order valence-corrected chi connectivity index (χ1v) is 11.4. The summed E-state index contributed by atoms with van der Waals surface area (Å²) in [4.78, 5) is 41.3. The van der Waals surface area contributed by atoms with Gasteiger partial charge in [0.1, 0.15) is 5.75 Å². The standard InChI is InChI=1S/C25H31N3O6/c1-4-33-21-10-9-18(16-22(21)34-5-2)24(30)26-17-23(29)27-11-13-28(14-12-27)25(31)19-7-6-8-20(15-19)32-3/h6-10,15-16H,4-5,11-14,17H2,1-3H3,(H,26,30). The molecule has 2 aromatic carbocycles. The number of benzene rings is 2. The average Bonchev–Trinajstić information content (AvgIpc) is 2.88. The number of hydrogen-bond acceptors (Lipinski definition) is 6. The van der Waals surface area contributed by atoms with Gasteiger partial charge in [-0.3, -0.25) is 14.4 Å². The molecule has 1 N–H and O–H groups in total. The first kappa shape index (κ1) is 24.9. The molecule has 3 rings (SSSR count). The Morgan fingerprint density at radius 2 is 1.53 bits per heavy atom. The molecule has 2 aromatic rings. The average molecular weight is 470 g/mol. The minimum Gasteiger partial charge on any atom is -0.497 e. The van der Waals surface area contributed by atoms with Crippen molar-refractivity contribution in [2.75, 3.05) is 53.0 Å². The van der Waals surface area contributed by atoms with E-state index >= 15 is 0 Å². The lowest BCUT2D eigenvalue weighted by molar-refractivity contribution is -0.131. The zero-order valence-corrected chi connectivity index (χ0v) is 19.8. The van der Waals surface area contributed by atoms with E-state index in [0.717, 1.165) is 0 Å². The van der Waals surface area contributed by atoms with E-state index in [1.54, 1.807) is 59.4 Å². The van der Waals surface area contributed by atoms with Crippen molar-refractivity contribution in [1.29, 1.82) is 0 Å². The molecule has 0 spiro atoms. The highest BCUT2D eigenvalue weighted by Crippen LogP contribution is 2.28. The molecule has 1 fully saturated rings. The molecule has 34 heavy (non-hydrogen) atoms. The van der Waals surface area contributed by atoms with E-state index in [-0.39, 0.29) is 24.3 Å². The SMILES string of the molecule is CCOc1ccc(C(=O)NCC(=O)N2CCN(C(=O)c3cccc(OC)c3)CC2)cc1OCC. The highest BCUT2D eigenvalue weighted by molar-refractivity contribution is 5.97. The third kappa shape index (κ3) is 6.18. The van der Waals surface area contributed by atoms with Gasteiger partial charge in [-0.05, 0) is 50.2 Å². The van der Waals surface area contributed by atoms with E-state index in [4.69, 9.17) is 14.2 Å². The topological polar surface area (TPSA) is 97.4 Å². The molecule has 0 saturated carbocycles. The van der Waals surface area contributed by atoms with E-state index in [2.05, 4.69) is 5.32 Å². The summed E-state index contributed by atoms with van der Waals surface area (Å²) < 4.78 is 16.3. The Bertz CT molecular complexity index is 1020. The van der Waals surface area contributed by atoms with Gasteiger partial charge in [-0.1, -0.05) is 6.07 Å². The fourth-order valence-electron chi connectivity index (χ4n) is 3.66. The summed E-state index contributed by atoms with van der Waals surface area (Å²) in [5.74, 6) is 1.01. The minimum absolute atomic E-state index is 0.0973. The van der Waals surface area contributed by atoms with E-state index in [0.29, 0.717) is 67.8 Å². The second-order valence-electron chi connectivity index (χ2n) is 7.62. The van der Waals surface area contributed by atoms with Gasteiger partial charge in [0, 0.05) is 37.3 Å². The van der Waals surface area contributed by atoms with Crippen LogP contribution in [0.25, 0.3) is 0 Å². The van der Waals surface area contributed by atoms with Crippen LogP contribution in [0, 0.1) is 0 Å². The van der Waals surface area contributed by atoms with Gasteiger partial charge < -0.3 is 29.3 Å². The number of amides is 3. The Morgan fingerprint density at radius 3 is 2.21 bits per heavy atom. The van der Waals surface area contributed by atoms with Gasteiger partial charge in [-0.15, -0.1) is 0 Å². The predicted octanol–water partition coefficient (Wildman–Crippen LogP) is 2.21. The van der Waals surface area contributed by atoms with Crippen LogP contribution < -0.4 is 19.5 Å². The molecule has 1 aliphatic heterocycles. The van der Waals surface area contributed by atoms with Crippen molar-refractivity contribution in [3.8, 4) is 17.2 Å². The van der Waals surface area contributed by atoms with E-state index < -0.39 is 0 Å². The molecule has 1 aliphatic rings. The van der Waals surface area contributed by atoms with Gasteiger partial charge in [0.15, 0.2) is 11.5 Å². The van der Waals surface area contributed by atoms with Crippen LogP contribution >= 0.6 is 0 Å². The second-order valence-corrected chi connectivity index (χ2v) is 7.62. The van der Waals surface area contributed by atoms with E-state index in [9.17, 15) is 14.4 Å². The molecule has 0 atom stereocenters. The summed E-state index contributed by atoms with van der Waals surface area (Å²) in [5, 5.41) is 2.67. The highest BCUT2D eigenvalue weighted by Gasteiger charge is 2.25. The van der Waals surface area contributed by atoms with Gasteiger partial charge in [0.2, 0.25) is 5.91 Å². The zero-order chi connectivity index (χ0) is 24.5. The zero-order valence-electron chi connectivity index (χ0n) is 19.8. The molecule has 182 valence electrons. The van der Waals surface area contributed by atoms with Crippen LogP contribution in [0.2, 0.25) is 0 Å². The van der Waals surface area contributed by atoms with Crippen molar-refractivity contribution in [2.45, 2.75) is 13.8 Å². The van der Waals surface area contributed by atoms with Crippen molar-refractivity contribution < 1.29 is 28.6 Å². The largest absolute Gasteiger partial charge is 0.497 e. The first-order valence-electron chi connectivity index (χ1n) is 11.4. The summed E-state index contributed by atoms with van der Waals surface area (Å²) in [6.07, 6.45) is 0. The molecule has 3 amide bonds. The number of nitrogens with one attached hydrogen (secondary N) is 1. The minimum atomic E-state index is -0.371. The number of methoxy groups -OCH3 is 1. The number of rotatable bonds is 9. The van der Waals surface area contributed by atoms with Crippen molar-refractivity contribution >= 4 is 17.7 Å². The lowest BCUT2D eigenvalue weighted by Crippen LogP contribution is -2.52. The third-order valence-electron chi connectivity index (χ3n) is 5.44. The molecular weight excluding hydrogens is 438 g/mol. The molecule has 1 saturated heterocycles. The molecule has 0 radical (unpaired) electrons. The van der Waals surface area contributed by atoms with Crippen LogP contribution in [0.3, 0.4) is 0 Å². The van der Waals surface area contributed by atoms with Crippen LogP contribution in [-0.4, -0.2) is 80.6 Å². The van der Waals surface area contributed by atoms with Crippen LogP contribution in [0.4, 0.5) is 0 Å². The Balaban J connectivity index is 1.51. The molecule has 0 aliphatic carbocycles. The molecule has 9 heteroatoms. The summed E-state index contributed by atoms with van der Waals surface area (Å²) in [5.41, 5.74) is 0.932. The number of ether oxygens (including phenoxy) is 3. The van der Waals surface area contributed by atoms with Crippen molar-refractivity contribution in [3.63, 3.8) is 0 Å². The van der Waals surface area contributed by atoms with Gasteiger partial charge >= 0.3 is 0 Å². The van der Waals surface area contributed by atoms with E-state index in [1.807, 2.05) is 13.8 Å². The Morgan fingerprint density at radius 1 is 0.853 bits per heavy atom. The first-order chi connectivity index (χ1) is 16.5. The Hall–Kier alpha value is -3.75. The van der Waals surface area contributed by atoms with Crippen molar-refractivity contribution in [1.82, 2.24) is 15.1 Å². The number of carbonyl (C=O) groups is 3.